The molecule has 0 saturated carbocycles. The van der Waals surface area contributed by atoms with Crippen molar-refractivity contribution >= 4 is 35.6 Å². The van der Waals surface area contributed by atoms with E-state index in [4.69, 9.17) is 12.2 Å². The van der Waals surface area contributed by atoms with E-state index in [-0.39, 0.29) is 5.56 Å². The summed E-state index contributed by atoms with van der Waals surface area (Å²) in [7, 11) is 0. The molecule has 3 aromatic rings. The number of benzene rings is 1. The first-order chi connectivity index (χ1) is 10.6. The molecule has 5 nitrogen and oxygen atoms in total. The first kappa shape index (κ1) is 14.8. The summed E-state index contributed by atoms with van der Waals surface area (Å²) < 4.78 is 1.98. The molecule has 0 aliphatic heterocycles. The second-order valence-electron chi connectivity index (χ2n) is 4.59. The van der Waals surface area contributed by atoms with Crippen LogP contribution in [0.1, 0.15) is 17.3 Å². The quantitative estimate of drug-likeness (QED) is 0.561. The molecular weight excluding hydrogens is 318 g/mol. The molecule has 0 spiro atoms. The third kappa shape index (κ3) is 2.65. The van der Waals surface area contributed by atoms with Crippen LogP contribution in [0.4, 0.5) is 0 Å². The van der Waals surface area contributed by atoms with Gasteiger partial charge < -0.3 is 5.11 Å². The van der Waals surface area contributed by atoms with Gasteiger partial charge in [0, 0.05) is 22.7 Å². The van der Waals surface area contributed by atoms with E-state index < -0.39 is 5.97 Å². The van der Waals surface area contributed by atoms with Crippen LogP contribution in [-0.4, -0.2) is 31.4 Å². The number of thioether (sulfide) groups is 1. The molecule has 0 aliphatic carbocycles. The average molecular weight is 331 g/mol. The number of fused-ring (bicyclic) bond motifs is 1. The number of carboxylic acid groups (broad SMARTS) is 1. The number of nitrogens with one attached hydrogen (secondary N) is 1. The zero-order chi connectivity index (χ0) is 15.7. The Morgan fingerprint density at radius 2 is 2.14 bits per heavy atom. The van der Waals surface area contributed by atoms with Crippen LogP contribution in [0.25, 0.3) is 16.9 Å². The SMILES string of the molecule is CCSc1ccc(-c2cc(=S)n3[nH]cc(C(=O)O)c3n2)cc1. The number of H-pyrrole nitrogens is 1. The third-order valence-corrected chi connectivity index (χ3v) is 4.38. The molecule has 2 aromatic heterocycles. The Hall–Kier alpha value is -2.12. The summed E-state index contributed by atoms with van der Waals surface area (Å²) in [6, 6.07) is 9.76. The van der Waals surface area contributed by atoms with E-state index in [0.29, 0.717) is 16.0 Å². The highest BCUT2D eigenvalue weighted by Crippen LogP contribution is 2.24. The number of rotatable bonds is 4. The second-order valence-corrected chi connectivity index (χ2v) is 6.34. The Morgan fingerprint density at radius 3 is 2.77 bits per heavy atom. The lowest BCUT2D eigenvalue weighted by Gasteiger charge is -2.04. The number of carbonyl (C=O) groups is 1. The van der Waals surface area contributed by atoms with Crippen LogP contribution >= 0.6 is 24.0 Å². The van der Waals surface area contributed by atoms with Crippen LogP contribution < -0.4 is 0 Å². The van der Waals surface area contributed by atoms with Crippen LogP contribution in [0.5, 0.6) is 0 Å². The number of aromatic carboxylic acids is 1. The number of nitrogens with zero attached hydrogens (tertiary/aromatic N) is 2. The second kappa shape index (κ2) is 5.94. The van der Waals surface area contributed by atoms with Gasteiger partial charge in [0.2, 0.25) is 0 Å². The molecule has 22 heavy (non-hydrogen) atoms. The first-order valence-corrected chi connectivity index (χ1v) is 8.07. The van der Waals surface area contributed by atoms with Crippen LogP contribution in [0.15, 0.2) is 41.4 Å². The molecule has 2 heterocycles. The smallest absolute Gasteiger partial charge is 0.341 e. The summed E-state index contributed by atoms with van der Waals surface area (Å²) in [6.45, 7) is 2.11. The number of hydrogen-bond donors (Lipinski definition) is 2. The fraction of sp³-hybridized carbons (Fsp3) is 0.133. The minimum Gasteiger partial charge on any atom is -0.477 e. The van der Waals surface area contributed by atoms with E-state index in [2.05, 4.69) is 17.0 Å². The van der Waals surface area contributed by atoms with Crippen molar-refractivity contribution in [2.45, 2.75) is 11.8 Å². The molecule has 0 unspecified atom stereocenters. The van der Waals surface area contributed by atoms with E-state index in [1.54, 1.807) is 17.8 Å². The lowest BCUT2D eigenvalue weighted by Crippen LogP contribution is -1.99. The maximum absolute atomic E-state index is 11.2. The summed E-state index contributed by atoms with van der Waals surface area (Å²) in [5.41, 5.74) is 2.00. The van der Waals surface area contributed by atoms with Gasteiger partial charge in [0.25, 0.3) is 0 Å². The van der Waals surface area contributed by atoms with E-state index in [1.165, 1.54) is 15.6 Å². The van der Waals surface area contributed by atoms with Crippen molar-refractivity contribution in [2.24, 2.45) is 0 Å². The molecule has 0 saturated heterocycles. The van der Waals surface area contributed by atoms with Gasteiger partial charge in [0.1, 0.15) is 10.2 Å². The standard InChI is InChI=1S/C15H13N3O2S2/c1-2-22-10-5-3-9(4-6-10)12-7-13(21)18-14(17-12)11(8-16-18)15(19)20/h3-8,16H,2H2,1H3,(H,19,20). The molecule has 3 rings (SSSR count). The van der Waals surface area contributed by atoms with Gasteiger partial charge in [-0.3, -0.25) is 5.10 Å². The molecule has 0 atom stereocenters. The summed E-state index contributed by atoms with van der Waals surface area (Å²) in [4.78, 5) is 16.9. The van der Waals surface area contributed by atoms with E-state index in [0.717, 1.165) is 11.3 Å². The van der Waals surface area contributed by atoms with Gasteiger partial charge >= 0.3 is 5.97 Å². The third-order valence-electron chi connectivity index (χ3n) is 3.19. The van der Waals surface area contributed by atoms with Crippen LogP contribution in [0, 0.1) is 4.64 Å². The minimum atomic E-state index is -1.03. The Kier molecular flexibility index (Phi) is 4.00. The molecule has 7 heteroatoms. The highest BCUT2D eigenvalue weighted by atomic mass is 32.2. The predicted molar refractivity (Wildman–Crippen MR) is 89.2 cm³/mol. The van der Waals surface area contributed by atoms with E-state index >= 15 is 0 Å². The molecule has 1 aromatic carbocycles. The lowest BCUT2D eigenvalue weighted by atomic mass is 10.1. The largest absolute Gasteiger partial charge is 0.477 e. The predicted octanol–water partition coefficient (Wildman–Crippen LogP) is 3.87. The molecule has 0 radical (unpaired) electrons. The highest BCUT2D eigenvalue weighted by molar-refractivity contribution is 7.99. The van der Waals surface area contributed by atoms with Gasteiger partial charge in [0.15, 0.2) is 5.65 Å². The zero-order valence-corrected chi connectivity index (χ0v) is 13.4. The summed E-state index contributed by atoms with van der Waals surface area (Å²) >= 11 is 7.07. The molecular formula is C15H13N3O2S2. The number of carboxylic acids is 1. The van der Waals surface area contributed by atoms with Gasteiger partial charge in [-0.15, -0.1) is 11.8 Å². The topological polar surface area (TPSA) is 70.4 Å². The maximum atomic E-state index is 11.2. The fourth-order valence-electron chi connectivity index (χ4n) is 2.18. The number of aromatic amines is 1. The molecule has 0 fully saturated rings. The summed E-state index contributed by atoms with van der Waals surface area (Å²) in [5.74, 6) is -0.0190. The number of aromatic nitrogens is 3. The van der Waals surface area contributed by atoms with Crippen molar-refractivity contribution in [3.63, 3.8) is 0 Å². The van der Waals surface area contributed by atoms with Crippen molar-refractivity contribution in [3.8, 4) is 11.3 Å². The van der Waals surface area contributed by atoms with Gasteiger partial charge in [-0.2, -0.15) is 0 Å². The van der Waals surface area contributed by atoms with Crippen molar-refractivity contribution in [1.29, 1.82) is 0 Å². The van der Waals surface area contributed by atoms with Crippen LogP contribution in [-0.2, 0) is 0 Å². The molecule has 0 aliphatic rings. The minimum absolute atomic E-state index is 0.103. The summed E-state index contributed by atoms with van der Waals surface area (Å²) in [6.07, 6.45) is 1.39. The van der Waals surface area contributed by atoms with Crippen molar-refractivity contribution in [3.05, 3.63) is 46.7 Å². The number of hydrogen-bond acceptors (Lipinski definition) is 4. The Morgan fingerprint density at radius 1 is 1.41 bits per heavy atom. The normalized spacial score (nSPS) is 11.0. The zero-order valence-electron chi connectivity index (χ0n) is 11.7. The monoisotopic (exact) mass is 331 g/mol. The van der Waals surface area contributed by atoms with Gasteiger partial charge in [0.05, 0.1) is 5.69 Å². The average Bonchev–Trinajstić information content (AvgIpc) is 2.93. The van der Waals surface area contributed by atoms with Crippen molar-refractivity contribution in [2.75, 3.05) is 5.75 Å². The van der Waals surface area contributed by atoms with Crippen LogP contribution in [0.2, 0.25) is 0 Å². The Labute approximate surface area is 136 Å². The fourth-order valence-corrected chi connectivity index (χ4v) is 3.09. The van der Waals surface area contributed by atoms with E-state index in [9.17, 15) is 9.90 Å². The van der Waals surface area contributed by atoms with Crippen molar-refractivity contribution < 1.29 is 9.90 Å². The molecule has 0 amide bonds. The first-order valence-electron chi connectivity index (χ1n) is 6.68. The van der Waals surface area contributed by atoms with E-state index in [1.807, 2.05) is 24.3 Å². The van der Waals surface area contributed by atoms with Crippen molar-refractivity contribution in [1.82, 2.24) is 14.6 Å². The lowest BCUT2D eigenvalue weighted by molar-refractivity contribution is 0.0699. The molecule has 2 N–H and O–H groups in total. The van der Waals surface area contributed by atoms with Gasteiger partial charge in [-0.05, 0) is 17.9 Å². The van der Waals surface area contributed by atoms with Gasteiger partial charge in [-0.1, -0.05) is 31.3 Å². The Balaban J connectivity index is 2.12. The molecule has 0 bridgehead atoms. The highest BCUT2D eigenvalue weighted by Gasteiger charge is 2.13. The van der Waals surface area contributed by atoms with Crippen LogP contribution in [0.3, 0.4) is 0 Å². The van der Waals surface area contributed by atoms with Gasteiger partial charge in [-0.25, -0.2) is 14.3 Å². The maximum Gasteiger partial charge on any atom is 0.341 e. The summed E-state index contributed by atoms with van der Waals surface area (Å²) in [5, 5.41) is 12.0. The molecule has 112 valence electrons. The Bertz CT molecular complexity index is 897.